The summed E-state index contributed by atoms with van der Waals surface area (Å²) < 4.78 is 38.3. The summed E-state index contributed by atoms with van der Waals surface area (Å²) in [5.74, 6) is 0.327. The number of sulfonamides is 1. The number of rotatable bonds is 5. The van der Waals surface area contributed by atoms with E-state index < -0.39 is 16.1 Å². The Morgan fingerprint density at radius 1 is 1.52 bits per heavy atom. The minimum atomic E-state index is -3.69. The molecule has 2 rings (SSSR count). The summed E-state index contributed by atoms with van der Waals surface area (Å²) in [5.41, 5.74) is 0. The number of hydrogen-bond acceptors (Lipinski definition) is 5. The molecule has 0 bridgehead atoms. The van der Waals surface area contributed by atoms with Crippen molar-refractivity contribution in [2.45, 2.75) is 17.9 Å². The van der Waals surface area contributed by atoms with Gasteiger partial charge in [-0.25, -0.2) is 8.42 Å². The van der Waals surface area contributed by atoms with E-state index in [1.807, 2.05) is 0 Å². The zero-order valence-electron chi connectivity index (χ0n) is 11.7. The van der Waals surface area contributed by atoms with Gasteiger partial charge in [0.1, 0.15) is 10.6 Å². The third kappa shape index (κ3) is 3.75. The van der Waals surface area contributed by atoms with Crippen LogP contribution in [0.3, 0.4) is 0 Å². The lowest BCUT2D eigenvalue weighted by Gasteiger charge is -2.31. The SMILES string of the molecule is CCOc1ccc(Br)cc1S(=O)(=O)N1CCOC(CO)C1. The number of aliphatic hydroxyl groups excluding tert-OH is 1. The van der Waals surface area contributed by atoms with Gasteiger partial charge in [-0.2, -0.15) is 4.31 Å². The van der Waals surface area contributed by atoms with Crippen LogP contribution in [0.5, 0.6) is 5.75 Å². The quantitative estimate of drug-likeness (QED) is 0.832. The molecule has 0 aliphatic carbocycles. The molecule has 1 aliphatic rings. The smallest absolute Gasteiger partial charge is 0.246 e. The minimum absolute atomic E-state index is 0.123. The Kier molecular flexibility index (Phi) is 5.61. The van der Waals surface area contributed by atoms with Crippen molar-refractivity contribution < 1.29 is 23.0 Å². The second-order valence-electron chi connectivity index (χ2n) is 4.56. The molecule has 1 unspecified atom stereocenters. The number of benzene rings is 1. The molecule has 1 saturated heterocycles. The van der Waals surface area contributed by atoms with Crippen molar-refractivity contribution in [1.29, 1.82) is 0 Å². The second kappa shape index (κ2) is 7.06. The third-order valence-electron chi connectivity index (χ3n) is 3.13. The van der Waals surface area contributed by atoms with Crippen molar-refractivity contribution in [2.75, 3.05) is 32.9 Å². The van der Waals surface area contributed by atoms with Gasteiger partial charge in [0.25, 0.3) is 0 Å². The first-order valence-corrected chi connectivity index (χ1v) is 8.87. The molecule has 0 radical (unpaired) electrons. The molecule has 6 nitrogen and oxygen atoms in total. The molecule has 0 spiro atoms. The van der Waals surface area contributed by atoms with Crippen LogP contribution in [0, 0.1) is 0 Å². The van der Waals surface area contributed by atoms with Gasteiger partial charge in [0.05, 0.1) is 25.9 Å². The molecule has 21 heavy (non-hydrogen) atoms. The van der Waals surface area contributed by atoms with Crippen molar-refractivity contribution in [3.63, 3.8) is 0 Å². The van der Waals surface area contributed by atoms with Gasteiger partial charge in [-0.3, -0.25) is 0 Å². The molecular weight excluding hydrogens is 362 g/mol. The van der Waals surface area contributed by atoms with Gasteiger partial charge >= 0.3 is 0 Å². The molecule has 118 valence electrons. The Bertz CT molecular complexity index is 592. The highest BCUT2D eigenvalue weighted by Crippen LogP contribution is 2.30. The maximum absolute atomic E-state index is 12.8. The van der Waals surface area contributed by atoms with Crippen molar-refractivity contribution in [1.82, 2.24) is 4.31 Å². The molecule has 8 heteroatoms. The number of aliphatic hydroxyl groups is 1. The molecule has 0 amide bonds. The third-order valence-corrected chi connectivity index (χ3v) is 5.51. The number of nitrogens with zero attached hydrogens (tertiary/aromatic N) is 1. The normalized spacial score (nSPS) is 20.4. The summed E-state index contributed by atoms with van der Waals surface area (Å²) in [4.78, 5) is 0.123. The van der Waals surface area contributed by atoms with E-state index in [4.69, 9.17) is 14.6 Å². The molecule has 0 saturated carbocycles. The summed E-state index contributed by atoms with van der Waals surface area (Å²) in [6.07, 6.45) is -0.490. The highest BCUT2D eigenvalue weighted by atomic mass is 79.9. The Hall–Kier alpha value is -0.670. The van der Waals surface area contributed by atoms with Crippen LogP contribution < -0.4 is 4.74 Å². The molecule has 1 atom stereocenters. The first kappa shape index (κ1) is 16.7. The molecule has 0 aromatic heterocycles. The van der Waals surface area contributed by atoms with Crippen molar-refractivity contribution in [2.24, 2.45) is 0 Å². The molecule has 1 aromatic rings. The average Bonchev–Trinajstić information content (AvgIpc) is 2.49. The lowest BCUT2D eigenvalue weighted by Crippen LogP contribution is -2.46. The lowest BCUT2D eigenvalue weighted by molar-refractivity contribution is -0.0305. The van der Waals surface area contributed by atoms with E-state index in [1.54, 1.807) is 19.1 Å². The van der Waals surface area contributed by atoms with E-state index in [-0.39, 0.29) is 31.2 Å². The van der Waals surface area contributed by atoms with Gasteiger partial charge in [-0.15, -0.1) is 0 Å². The highest BCUT2D eigenvalue weighted by Gasteiger charge is 2.32. The highest BCUT2D eigenvalue weighted by molar-refractivity contribution is 9.10. The van der Waals surface area contributed by atoms with E-state index in [9.17, 15) is 8.42 Å². The van der Waals surface area contributed by atoms with Crippen molar-refractivity contribution in [3.8, 4) is 5.75 Å². The maximum Gasteiger partial charge on any atom is 0.246 e. The predicted molar refractivity (Wildman–Crippen MR) is 80.9 cm³/mol. The van der Waals surface area contributed by atoms with E-state index in [0.717, 1.165) is 0 Å². The van der Waals surface area contributed by atoms with E-state index in [2.05, 4.69) is 15.9 Å². The fourth-order valence-corrected chi connectivity index (χ4v) is 4.24. The zero-order chi connectivity index (χ0) is 15.5. The number of halogens is 1. The fourth-order valence-electron chi connectivity index (χ4n) is 2.12. The van der Waals surface area contributed by atoms with Crippen molar-refractivity contribution >= 4 is 26.0 Å². The van der Waals surface area contributed by atoms with Crippen LogP contribution in [-0.4, -0.2) is 56.8 Å². The lowest BCUT2D eigenvalue weighted by atomic mass is 10.3. The van der Waals surface area contributed by atoms with Crippen LogP contribution in [0.25, 0.3) is 0 Å². The predicted octanol–water partition coefficient (Wildman–Crippen LogP) is 1.23. The molecule has 1 heterocycles. The Morgan fingerprint density at radius 2 is 2.29 bits per heavy atom. The number of morpholine rings is 1. The van der Waals surface area contributed by atoms with Gasteiger partial charge in [-0.1, -0.05) is 15.9 Å². The largest absolute Gasteiger partial charge is 0.492 e. The van der Waals surface area contributed by atoms with Crippen LogP contribution in [0.2, 0.25) is 0 Å². The zero-order valence-corrected chi connectivity index (χ0v) is 14.1. The Morgan fingerprint density at radius 3 is 2.95 bits per heavy atom. The molecular formula is C13H18BrNO5S. The standard InChI is InChI=1S/C13H18BrNO5S/c1-2-19-12-4-3-10(14)7-13(12)21(17,18)15-5-6-20-11(8-15)9-16/h3-4,7,11,16H,2,5-6,8-9H2,1H3. The van der Waals surface area contributed by atoms with Crippen molar-refractivity contribution in [3.05, 3.63) is 22.7 Å². The summed E-state index contributed by atoms with van der Waals surface area (Å²) in [7, 11) is -3.69. The van der Waals surface area contributed by atoms with Gasteiger partial charge in [-0.05, 0) is 25.1 Å². The topological polar surface area (TPSA) is 76.1 Å². The molecule has 1 aromatic carbocycles. The number of ether oxygens (including phenoxy) is 2. The molecule has 1 N–H and O–H groups in total. The fraction of sp³-hybridized carbons (Fsp3) is 0.538. The van der Waals surface area contributed by atoms with Crippen LogP contribution in [0.15, 0.2) is 27.6 Å². The van der Waals surface area contributed by atoms with E-state index in [0.29, 0.717) is 16.8 Å². The van der Waals surface area contributed by atoms with Crippen LogP contribution >= 0.6 is 15.9 Å². The van der Waals surface area contributed by atoms with Gasteiger partial charge in [0.2, 0.25) is 10.0 Å². The van der Waals surface area contributed by atoms with E-state index in [1.165, 1.54) is 10.4 Å². The first-order chi connectivity index (χ1) is 9.98. The monoisotopic (exact) mass is 379 g/mol. The Labute approximate surface area is 132 Å². The maximum atomic E-state index is 12.8. The summed E-state index contributed by atoms with van der Waals surface area (Å²) in [6, 6.07) is 4.90. The number of hydrogen-bond donors (Lipinski definition) is 1. The average molecular weight is 380 g/mol. The van der Waals surface area contributed by atoms with Crippen LogP contribution in [-0.2, 0) is 14.8 Å². The minimum Gasteiger partial charge on any atom is -0.492 e. The van der Waals surface area contributed by atoms with Gasteiger partial charge in [0, 0.05) is 17.6 Å². The molecule has 1 aliphatic heterocycles. The first-order valence-electron chi connectivity index (χ1n) is 6.64. The summed E-state index contributed by atoms with van der Waals surface area (Å²) in [5, 5.41) is 9.15. The van der Waals surface area contributed by atoms with Crippen LogP contribution in [0.1, 0.15) is 6.92 Å². The second-order valence-corrected chi connectivity index (χ2v) is 7.38. The summed E-state index contributed by atoms with van der Waals surface area (Å²) in [6.45, 7) is 2.64. The summed E-state index contributed by atoms with van der Waals surface area (Å²) >= 11 is 3.29. The van der Waals surface area contributed by atoms with Gasteiger partial charge < -0.3 is 14.6 Å². The Balaban J connectivity index is 2.36. The van der Waals surface area contributed by atoms with E-state index >= 15 is 0 Å². The van der Waals surface area contributed by atoms with Crippen LogP contribution in [0.4, 0.5) is 0 Å². The molecule has 1 fully saturated rings. The van der Waals surface area contributed by atoms with Gasteiger partial charge in [0.15, 0.2) is 0 Å².